The SMILES string of the molecule is FC(F)(F)c1ccc(C2=CCCCC2)nc1. The summed E-state index contributed by atoms with van der Waals surface area (Å²) in [5, 5.41) is 0. The topological polar surface area (TPSA) is 12.9 Å². The van der Waals surface area contributed by atoms with Crippen LogP contribution < -0.4 is 0 Å². The van der Waals surface area contributed by atoms with Crippen LogP contribution in [0.25, 0.3) is 5.57 Å². The average molecular weight is 227 g/mol. The Morgan fingerprint density at radius 1 is 1.12 bits per heavy atom. The first-order chi connectivity index (χ1) is 7.57. The number of aromatic nitrogens is 1. The van der Waals surface area contributed by atoms with Crippen LogP contribution in [0, 0.1) is 0 Å². The number of allylic oxidation sites excluding steroid dienone is 2. The molecular formula is C12H12F3N. The van der Waals surface area contributed by atoms with E-state index in [0.29, 0.717) is 5.69 Å². The molecule has 86 valence electrons. The van der Waals surface area contributed by atoms with Crippen molar-refractivity contribution < 1.29 is 13.2 Å². The molecule has 0 N–H and O–H groups in total. The molecule has 0 amide bonds. The molecule has 0 atom stereocenters. The van der Waals surface area contributed by atoms with Crippen LogP contribution in [0.1, 0.15) is 36.9 Å². The highest BCUT2D eigenvalue weighted by molar-refractivity contribution is 5.63. The zero-order valence-corrected chi connectivity index (χ0v) is 8.72. The Morgan fingerprint density at radius 3 is 2.44 bits per heavy atom. The quantitative estimate of drug-likeness (QED) is 0.705. The Bertz CT molecular complexity index is 390. The van der Waals surface area contributed by atoms with Gasteiger partial charge in [0.25, 0.3) is 0 Å². The van der Waals surface area contributed by atoms with Gasteiger partial charge in [-0.05, 0) is 43.4 Å². The van der Waals surface area contributed by atoms with Gasteiger partial charge in [0.1, 0.15) is 0 Å². The largest absolute Gasteiger partial charge is 0.417 e. The van der Waals surface area contributed by atoms with Crippen LogP contribution in [0.5, 0.6) is 0 Å². The maximum atomic E-state index is 12.3. The summed E-state index contributed by atoms with van der Waals surface area (Å²) in [5.41, 5.74) is 1.06. The maximum absolute atomic E-state index is 12.3. The molecule has 16 heavy (non-hydrogen) atoms. The van der Waals surface area contributed by atoms with Crippen LogP contribution in [0.15, 0.2) is 24.4 Å². The molecule has 1 aliphatic carbocycles. The molecule has 0 fully saturated rings. The van der Waals surface area contributed by atoms with Crippen molar-refractivity contribution in [3.8, 4) is 0 Å². The number of halogens is 3. The van der Waals surface area contributed by atoms with Gasteiger partial charge in [-0.15, -0.1) is 0 Å². The molecule has 0 aliphatic heterocycles. The Kier molecular flexibility index (Phi) is 2.99. The van der Waals surface area contributed by atoms with E-state index in [2.05, 4.69) is 11.1 Å². The molecule has 0 aromatic carbocycles. The van der Waals surface area contributed by atoms with Gasteiger partial charge >= 0.3 is 6.18 Å². The molecule has 0 radical (unpaired) electrons. The van der Waals surface area contributed by atoms with Gasteiger partial charge in [0.15, 0.2) is 0 Å². The second kappa shape index (κ2) is 4.28. The fourth-order valence-electron chi connectivity index (χ4n) is 1.82. The van der Waals surface area contributed by atoms with Gasteiger partial charge in [0.05, 0.1) is 11.3 Å². The number of nitrogens with zero attached hydrogens (tertiary/aromatic N) is 1. The smallest absolute Gasteiger partial charge is 0.256 e. The highest BCUT2D eigenvalue weighted by Gasteiger charge is 2.30. The second-order valence-corrected chi connectivity index (χ2v) is 3.91. The lowest BCUT2D eigenvalue weighted by Gasteiger charge is -2.12. The zero-order chi connectivity index (χ0) is 11.6. The molecule has 1 aromatic heterocycles. The lowest BCUT2D eigenvalue weighted by atomic mass is 9.97. The van der Waals surface area contributed by atoms with Crippen LogP contribution in [-0.2, 0) is 6.18 Å². The Hall–Kier alpha value is -1.32. The lowest BCUT2D eigenvalue weighted by molar-refractivity contribution is -0.137. The minimum Gasteiger partial charge on any atom is -0.256 e. The van der Waals surface area contributed by atoms with E-state index in [1.807, 2.05) is 0 Å². The molecule has 0 bridgehead atoms. The van der Waals surface area contributed by atoms with Crippen LogP contribution in [0.2, 0.25) is 0 Å². The second-order valence-electron chi connectivity index (χ2n) is 3.91. The van der Waals surface area contributed by atoms with Crippen molar-refractivity contribution in [1.29, 1.82) is 0 Å². The van der Waals surface area contributed by atoms with E-state index >= 15 is 0 Å². The summed E-state index contributed by atoms with van der Waals surface area (Å²) < 4.78 is 36.9. The molecule has 0 saturated carbocycles. The van der Waals surface area contributed by atoms with Crippen molar-refractivity contribution in [2.45, 2.75) is 31.9 Å². The molecule has 4 heteroatoms. The Balaban J connectivity index is 2.22. The first kappa shape index (κ1) is 11.2. The van der Waals surface area contributed by atoms with E-state index in [1.165, 1.54) is 6.07 Å². The molecule has 1 nitrogen and oxygen atoms in total. The third-order valence-electron chi connectivity index (χ3n) is 2.71. The molecule has 0 spiro atoms. The summed E-state index contributed by atoms with van der Waals surface area (Å²) in [4.78, 5) is 3.88. The van der Waals surface area contributed by atoms with Gasteiger partial charge in [-0.2, -0.15) is 13.2 Å². The fraction of sp³-hybridized carbons (Fsp3) is 0.417. The molecule has 1 aromatic rings. The molecule has 1 aliphatic rings. The van der Waals surface area contributed by atoms with Gasteiger partial charge in [0.2, 0.25) is 0 Å². The van der Waals surface area contributed by atoms with Crippen molar-refractivity contribution in [3.05, 3.63) is 35.7 Å². The van der Waals surface area contributed by atoms with Crippen LogP contribution in [0.3, 0.4) is 0 Å². The Labute approximate surface area is 92.0 Å². The average Bonchev–Trinajstić information content (AvgIpc) is 2.29. The monoisotopic (exact) mass is 227 g/mol. The maximum Gasteiger partial charge on any atom is 0.417 e. The summed E-state index contributed by atoms with van der Waals surface area (Å²) >= 11 is 0. The number of hydrogen-bond donors (Lipinski definition) is 0. The lowest BCUT2D eigenvalue weighted by Crippen LogP contribution is -2.06. The standard InChI is InChI=1S/C12H12F3N/c13-12(14,15)10-6-7-11(16-8-10)9-4-2-1-3-5-9/h4,6-8H,1-3,5H2. The molecule has 0 saturated heterocycles. The summed E-state index contributed by atoms with van der Waals surface area (Å²) in [5.74, 6) is 0. The molecule has 2 rings (SSSR count). The van der Waals surface area contributed by atoms with E-state index in [0.717, 1.165) is 43.5 Å². The highest BCUT2D eigenvalue weighted by atomic mass is 19.4. The fourth-order valence-corrected chi connectivity index (χ4v) is 1.82. The number of pyridine rings is 1. The van der Waals surface area contributed by atoms with Gasteiger partial charge in [-0.25, -0.2) is 0 Å². The van der Waals surface area contributed by atoms with Gasteiger partial charge < -0.3 is 0 Å². The van der Waals surface area contributed by atoms with E-state index in [-0.39, 0.29) is 0 Å². The van der Waals surface area contributed by atoms with Crippen molar-refractivity contribution in [3.63, 3.8) is 0 Å². The highest BCUT2D eigenvalue weighted by Crippen LogP contribution is 2.30. The molecule has 0 unspecified atom stereocenters. The van der Waals surface area contributed by atoms with E-state index < -0.39 is 11.7 Å². The summed E-state index contributed by atoms with van der Waals surface area (Å²) in [6.45, 7) is 0. The summed E-state index contributed by atoms with van der Waals surface area (Å²) in [6, 6.07) is 2.55. The van der Waals surface area contributed by atoms with Gasteiger partial charge in [0, 0.05) is 6.20 Å². The van der Waals surface area contributed by atoms with Gasteiger partial charge in [-0.1, -0.05) is 6.08 Å². The molecule has 1 heterocycles. The van der Waals surface area contributed by atoms with Crippen LogP contribution in [0.4, 0.5) is 13.2 Å². The first-order valence-corrected chi connectivity index (χ1v) is 5.30. The van der Waals surface area contributed by atoms with Crippen molar-refractivity contribution >= 4 is 5.57 Å². The number of hydrogen-bond acceptors (Lipinski definition) is 1. The minimum absolute atomic E-state index is 0.674. The predicted molar refractivity (Wildman–Crippen MR) is 55.7 cm³/mol. The summed E-state index contributed by atoms with van der Waals surface area (Å²) in [6.07, 6.45) is 2.84. The minimum atomic E-state index is -4.30. The number of rotatable bonds is 1. The summed E-state index contributed by atoms with van der Waals surface area (Å²) in [7, 11) is 0. The van der Waals surface area contributed by atoms with Crippen molar-refractivity contribution in [1.82, 2.24) is 4.98 Å². The third kappa shape index (κ3) is 2.43. The number of alkyl halides is 3. The zero-order valence-electron chi connectivity index (χ0n) is 8.72. The first-order valence-electron chi connectivity index (χ1n) is 5.30. The van der Waals surface area contributed by atoms with E-state index in [4.69, 9.17) is 0 Å². The van der Waals surface area contributed by atoms with E-state index in [1.54, 1.807) is 0 Å². The van der Waals surface area contributed by atoms with Crippen molar-refractivity contribution in [2.24, 2.45) is 0 Å². The normalized spacial score (nSPS) is 17.1. The van der Waals surface area contributed by atoms with Crippen LogP contribution in [-0.4, -0.2) is 4.98 Å². The molecular weight excluding hydrogens is 215 g/mol. The van der Waals surface area contributed by atoms with Crippen LogP contribution >= 0.6 is 0 Å². The predicted octanol–water partition coefficient (Wildman–Crippen LogP) is 4.06. The van der Waals surface area contributed by atoms with Crippen molar-refractivity contribution in [2.75, 3.05) is 0 Å². The van der Waals surface area contributed by atoms with E-state index in [9.17, 15) is 13.2 Å². The Morgan fingerprint density at radius 2 is 1.94 bits per heavy atom. The van der Waals surface area contributed by atoms with Gasteiger partial charge in [-0.3, -0.25) is 4.98 Å². The third-order valence-corrected chi connectivity index (χ3v) is 2.71.